The van der Waals surface area contributed by atoms with Crippen LogP contribution >= 0.6 is 0 Å². The zero-order valence-electron chi connectivity index (χ0n) is 15.0. The van der Waals surface area contributed by atoms with Crippen LogP contribution in [-0.2, 0) is 35.0 Å². The number of carbonyl (C=O) groups excluding carboxylic acids is 3. The van der Waals surface area contributed by atoms with Crippen molar-refractivity contribution in [3.63, 3.8) is 0 Å². The highest BCUT2D eigenvalue weighted by Crippen LogP contribution is 2.27. The van der Waals surface area contributed by atoms with Crippen molar-refractivity contribution in [1.82, 2.24) is 5.32 Å². The molecule has 0 atom stereocenters. The second-order valence-corrected chi connectivity index (χ2v) is 5.62. The third kappa shape index (κ3) is 4.60. The number of nitrogens with zero attached hydrogens (tertiary/aromatic N) is 1. The molecule has 0 aliphatic carbocycles. The van der Waals surface area contributed by atoms with Gasteiger partial charge in [0.15, 0.2) is 0 Å². The standard InChI is InChI=1S/C18H22N2O6/c1-12(21)19-9-8-13-4-6-14(7-5-13)20-11-26-10-15(17(22)24-2)16(20)18(23)25-3/h4-7H,8-11H2,1-3H3,(H,19,21). The Hall–Kier alpha value is -2.87. The highest BCUT2D eigenvalue weighted by Gasteiger charge is 2.32. The van der Waals surface area contributed by atoms with Crippen LogP contribution in [0.4, 0.5) is 5.69 Å². The van der Waals surface area contributed by atoms with Crippen LogP contribution in [0.15, 0.2) is 35.5 Å². The van der Waals surface area contributed by atoms with Crippen molar-refractivity contribution in [1.29, 1.82) is 0 Å². The van der Waals surface area contributed by atoms with Crippen LogP contribution in [0.1, 0.15) is 12.5 Å². The predicted molar refractivity (Wildman–Crippen MR) is 93.2 cm³/mol. The van der Waals surface area contributed by atoms with Crippen molar-refractivity contribution in [2.24, 2.45) is 0 Å². The number of nitrogens with one attached hydrogen (secondary N) is 1. The van der Waals surface area contributed by atoms with E-state index in [4.69, 9.17) is 14.2 Å². The molecule has 1 aromatic rings. The van der Waals surface area contributed by atoms with Crippen LogP contribution in [0.2, 0.25) is 0 Å². The minimum absolute atomic E-state index is 0.0254. The molecule has 0 aromatic heterocycles. The Morgan fingerprint density at radius 2 is 1.77 bits per heavy atom. The summed E-state index contributed by atoms with van der Waals surface area (Å²) < 4.78 is 15.0. The Labute approximate surface area is 151 Å². The summed E-state index contributed by atoms with van der Waals surface area (Å²) >= 11 is 0. The van der Waals surface area contributed by atoms with E-state index in [1.54, 1.807) is 4.90 Å². The zero-order chi connectivity index (χ0) is 19.1. The number of anilines is 1. The molecule has 8 nitrogen and oxygen atoms in total. The van der Waals surface area contributed by atoms with Gasteiger partial charge in [-0.25, -0.2) is 9.59 Å². The fourth-order valence-corrected chi connectivity index (χ4v) is 2.57. The predicted octanol–water partition coefficient (Wildman–Crippen LogP) is 0.759. The highest BCUT2D eigenvalue weighted by atomic mass is 16.5. The smallest absolute Gasteiger partial charge is 0.355 e. The summed E-state index contributed by atoms with van der Waals surface area (Å²) in [6, 6.07) is 7.40. The van der Waals surface area contributed by atoms with Gasteiger partial charge in [0.25, 0.3) is 0 Å². The van der Waals surface area contributed by atoms with Gasteiger partial charge in [-0.1, -0.05) is 12.1 Å². The van der Waals surface area contributed by atoms with E-state index in [9.17, 15) is 14.4 Å². The van der Waals surface area contributed by atoms with Crippen molar-refractivity contribution in [3.05, 3.63) is 41.1 Å². The molecule has 0 fully saturated rings. The van der Waals surface area contributed by atoms with Crippen molar-refractivity contribution < 1.29 is 28.6 Å². The van der Waals surface area contributed by atoms with Gasteiger partial charge in [-0.05, 0) is 24.1 Å². The maximum absolute atomic E-state index is 12.2. The molecule has 1 N–H and O–H groups in total. The Morgan fingerprint density at radius 3 is 2.35 bits per heavy atom. The van der Waals surface area contributed by atoms with Gasteiger partial charge in [0.1, 0.15) is 12.4 Å². The van der Waals surface area contributed by atoms with Crippen LogP contribution < -0.4 is 10.2 Å². The van der Waals surface area contributed by atoms with Crippen LogP contribution in [0.3, 0.4) is 0 Å². The van der Waals surface area contributed by atoms with E-state index in [2.05, 4.69) is 5.32 Å². The Kier molecular flexibility index (Phi) is 6.74. The zero-order valence-corrected chi connectivity index (χ0v) is 15.0. The summed E-state index contributed by atoms with van der Waals surface area (Å²) in [5.74, 6) is -1.35. The lowest BCUT2D eigenvalue weighted by molar-refractivity contribution is -0.140. The molecule has 0 bridgehead atoms. The number of esters is 2. The SMILES string of the molecule is COC(=O)C1=C(C(=O)OC)N(c2ccc(CCNC(C)=O)cc2)COC1. The molecule has 1 amide bonds. The fourth-order valence-electron chi connectivity index (χ4n) is 2.57. The molecule has 0 unspecified atom stereocenters. The lowest BCUT2D eigenvalue weighted by Crippen LogP contribution is -2.38. The Balaban J connectivity index is 2.26. The number of rotatable bonds is 6. The molecule has 0 spiro atoms. The normalized spacial score (nSPS) is 14.0. The van der Waals surface area contributed by atoms with E-state index in [0.29, 0.717) is 18.7 Å². The largest absolute Gasteiger partial charge is 0.466 e. The number of ether oxygens (including phenoxy) is 3. The first-order valence-electron chi connectivity index (χ1n) is 8.06. The van der Waals surface area contributed by atoms with E-state index >= 15 is 0 Å². The molecule has 0 saturated carbocycles. The molecule has 1 aromatic carbocycles. The van der Waals surface area contributed by atoms with Crippen molar-refractivity contribution >= 4 is 23.5 Å². The lowest BCUT2D eigenvalue weighted by Gasteiger charge is -2.31. The van der Waals surface area contributed by atoms with E-state index in [1.807, 2.05) is 24.3 Å². The van der Waals surface area contributed by atoms with Gasteiger partial charge in [0.05, 0.1) is 26.4 Å². The number of benzene rings is 1. The number of methoxy groups -OCH3 is 2. The van der Waals surface area contributed by atoms with Gasteiger partial charge >= 0.3 is 11.9 Å². The third-order valence-corrected chi connectivity index (χ3v) is 3.87. The first-order chi connectivity index (χ1) is 12.5. The minimum Gasteiger partial charge on any atom is -0.466 e. The fraction of sp³-hybridized carbons (Fsp3) is 0.389. The maximum Gasteiger partial charge on any atom is 0.355 e. The van der Waals surface area contributed by atoms with Gasteiger partial charge < -0.3 is 24.4 Å². The van der Waals surface area contributed by atoms with E-state index in [-0.39, 0.29) is 30.5 Å². The number of carbonyl (C=O) groups is 3. The molecule has 1 aliphatic rings. The van der Waals surface area contributed by atoms with Crippen LogP contribution in [-0.4, -0.2) is 51.9 Å². The quantitative estimate of drug-likeness (QED) is 0.747. The first kappa shape index (κ1) is 19.5. The molecule has 0 radical (unpaired) electrons. The number of hydrogen-bond donors (Lipinski definition) is 1. The summed E-state index contributed by atoms with van der Waals surface area (Å²) in [7, 11) is 2.50. The van der Waals surface area contributed by atoms with Crippen molar-refractivity contribution in [3.8, 4) is 0 Å². The second-order valence-electron chi connectivity index (χ2n) is 5.62. The first-order valence-corrected chi connectivity index (χ1v) is 8.06. The third-order valence-electron chi connectivity index (χ3n) is 3.87. The van der Waals surface area contributed by atoms with E-state index in [0.717, 1.165) is 5.56 Å². The molecule has 1 heterocycles. The monoisotopic (exact) mass is 362 g/mol. The molecule has 26 heavy (non-hydrogen) atoms. The number of hydrogen-bond acceptors (Lipinski definition) is 7. The molecule has 2 rings (SSSR count). The minimum atomic E-state index is -0.637. The second kappa shape index (κ2) is 9.00. The van der Waals surface area contributed by atoms with Crippen LogP contribution in [0, 0.1) is 0 Å². The summed E-state index contributed by atoms with van der Waals surface area (Å²) in [5.41, 5.74) is 1.92. The molecule has 140 valence electrons. The summed E-state index contributed by atoms with van der Waals surface area (Å²) in [4.78, 5) is 36.7. The maximum atomic E-state index is 12.2. The Morgan fingerprint density at radius 1 is 1.12 bits per heavy atom. The Bertz CT molecular complexity index is 711. The molecule has 0 saturated heterocycles. The van der Waals surface area contributed by atoms with Gasteiger partial charge in [0.2, 0.25) is 5.91 Å². The average Bonchev–Trinajstić information content (AvgIpc) is 2.66. The van der Waals surface area contributed by atoms with Gasteiger partial charge in [-0.15, -0.1) is 0 Å². The van der Waals surface area contributed by atoms with Crippen LogP contribution in [0.5, 0.6) is 0 Å². The molecular formula is C18H22N2O6. The molecular weight excluding hydrogens is 340 g/mol. The summed E-state index contributed by atoms with van der Waals surface area (Å²) in [6.45, 7) is 2.10. The van der Waals surface area contributed by atoms with Crippen molar-refractivity contribution in [2.45, 2.75) is 13.3 Å². The summed E-state index contributed by atoms with van der Waals surface area (Å²) in [6.07, 6.45) is 0.684. The van der Waals surface area contributed by atoms with Crippen molar-refractivity contribution in [2.75, 3.05) is 39.0 Å². The summed E-state index contributed by atoms with van der Waals surface area (Å²) in [5, 5.41) is 2.74. The van der Waals surface area contributed by atoms with E-state index in [1.165, 1.54) is 21.1 Å². The average molecular weight is 362 g/mol. The van der Waals surface area contributed by atoms with Gasteiger partial charge in [-0.3, -0.25) is 4.79 Å². The topological polar surface area (TPSA) is 94.2 Å². The van der Waals surface area contributed by atoms with Gasteiger partial charge in [0, 0.05) is 19.2 Å². The highest BCUT2D eigenvalue weighted by molar-refractivity contribution is 6.03. The van der Waals surface area contributed by atoms with Crippen LogP contribution in [0.25, 0.3) is 0 Å². The molecule has 1 aliphatic heterocycles. The number of amides is 1. The lowest BCUT2D eigenvalue weighted by atomic mass is 10.1. The van der Waals surface area contributed by atoms with E-state index < -0.39 is 11.9 Å². The van der Waals surface area contributed by atoms with Gasteiger partial charge in [-0.2, -0.15) is 0 Å². The molecule has 8 heteroatoms.